The van der Waals surface area contributed by atoms with Gasteiger partial charge in [0.25, 0.3) is 5.91 Å². The largest absolute Gasteiger partial charge is 0.383 e. The van der Waals surface area contributed by atoms with Gasteiger partial charge >= 0.3 is 0 Å². The Morgan fingerprint density at radius 1 is 1.19 bits per heavy atom. The Morgan fingerprint density at radius 3 is 2.62 bits per heavy atom. The lowest BCUT2D eigenvalue weighted by atomic mass is 10.2. The number of carbonyl (C=O) groups excluding carboxylic acids is 1. The van der Waals surface area contributed by atoms with Gasteiger partial charge in [-0.15, -0.1) is 0 Å². The summed E-state index contributed by atoms with van der Waals surface area (Å²) in [6.07, 6.45) is 1.63. The Hall–Kier alpha value is -1.88. The second-order valence-corrected chi connectivity index (χ2v) is 6.00. The molecule has 21 heavy (non-hydrogen) atoms. The van der Waals surface area contributed by atoms with Crippen molar-refractivity contribution in [3.05, 3.63) is 52.3 Å². The number of pyridine rings is 1. The van der Waals surface area contributed by atoms with E-state index < -0.39 is 0 Å². The van der Waals surface area contributed by atoms with E-state index in [1.165, 1.54) is 0 Å². The van der Waals surface area contributed by atoms with Crippen LogP contribution in [0.1, 0.15) is 29.9 Å². The fraction of sp³-hybridized carbons (Fsp3) is 0.250. The Bertz CT molecular complexity index is 656. The van der Waals surface area contributed by atoms with Crippen molar-refractivity contribution in [2.45, 2.75) is 26.8 Å². The van der Waals surface area contributed by atoms with Gasteiger partial charge in [-0.3, -0.25) is 9.78 Å². The average Bonchev–Trinajstić information content (AvgIpc) is 2.42. The maximum atomic E-state index is 12.2. The van der Waals surface area contributed by atoms with Gasteiger partial charge < -0.3 is 10.6 Å². The number of aromatic nitrogens is 1. The van der Waals surface area contributed by atoms with E-state index in [2.05, 4.69) is 31.5 Å². The zero-order valence-corrected chi connectivity index (χ0v) is 13.9. The normalized spacial score (nSPS) is 10.5. The van der Waals surface area contributed by atoms with Gasteiger partial charge in [-0.1, -0.05) is 22.0 Å². The summed E-state index contributed by atoms with van der Waals surface area (Å²) < 4.78 is 0.962. The van der Waals surface area contributed by atoms with Crippen LogP contribution in [0.25, 0.3) is 0 Å². The first-order chi connectivity index (χ1) is 9.95. The molecule has 1 aromatic heterocycles. The Kier molecular flexibility index (Phi) is 4.96. The van der Waals surface area contributed by atoms with Crippen LogP contribution in [0.2, 0.25) is 0 Å². The fourth-order valence-corrected chi connectivity index (χ4v) is 2.22. The van der Waals surface area contributed by atoms with Crippen LogP contribution in [0.4, 0.5) is 11.4 Å². The van der Waals surface area contributed by atoms with Gasteiger partial charge in [0, 0.05) is 28.1 Å². The van der Waals surface area contributed by atoms with Crippen molar-refractivity contribution in [1.29, 1.82) is 0 Å². The molecule has 2 rings (SSSR count). The zero-order chi connectivity index (χ0) is 15.4. The molecule has 0 bridgehead atoms. The highest BCUT2D eigenvalue weighted by atomic mass is 79.9. The second kappa shape index (κ2) is 6.72. The molecule has 5 heteroatoms. The molecule has 1 aromatic carbocycles. The van der Waals surface area contributed by atoms with E-state index in [9.17, 15) is 4.79 Å². The lowest BCUT2D eigenvalue weighted by Crippen LogP contribution is -2.15. The highest BCUT2D eigenvalue weighted by Crippen LogP contribution is 2.21. The van der Waals surface area contributed by atoms with Gasteiger partial charge in [-0.05, 0) is 50.6 Å². The van der Waals surface area contributed by atoms with Gasteiger partial charge in [0.05, 0.1) is 0 Å². The first-order valence-electron chi connectivity index (χ1n) is 6.76. The maximum absolute atomic E-state index is 12.2. The molecular weight excluding hydrogens is 330 g/mol. The molecule has 0 aliphatic carbocycles. The maximum Gasteiger partial charge on any atom is 0.274 e. The first-order valence-corrected chi connectivity index (χ1v) is 7.55. The average molecular weight is 348 g/mol. The van der Waals surface area contributed by atoms with Crippen LogP contribution < -0.4 is 10.6 Å². The molecular formula is C16H18BrN3O. The number of nitrogens with zero attached hydrogens (tertiary/aromatic N) is 1. The van der Waals surface area contributed by atoms with Crippen molar-refractivity contribution in [2.75, 3.05) is 10.6 Å². The van der Waals surface area contributed by atoms with Gasteiger partial charge in [-0.2, -0.15) is 0 Å². The van der Waals surface area contributed by atoms with Crippen molar-refractivity contribution in [3.63, 3.8) is 0 Å². The van der Waals surface area contributed by atoms with Crippen molar-refractivity contribution in [1.82, 2.24) is 4.98 Å². The summed E-state index contributed by atoms with van der Waals surface area (Å²) in [7, 11) is 0. The highest BCUT2D eigenvalue weighted by molar-refractivity contribution is 9.10. The number of hydrogen-bond donors (Lipinski definition) is 2. The number of benzene rings is 1. The van der Waals surface area contributed by atoms with E-state index in [0.29, 0.717) is 11.7 Å². The summed E-state index contributed by atoms with van der Waals surface area (Å²) in [4.78, 5) is 16.4. The monoisotopic (exact) mass is 347 g/mol. The van der Waals surface area contributed by atoms with E-state index in [-0.39, 0.29) is 5.91 Å². The number of amides is 1. The quantitative estimate of drug-likeness (QED) is 0.870. The fourth-order valence-electron chi connectivity index (χ4n) is 1.84. The van der Waals surface area contributed by atoms with Crippen LogP contribution in [0.3, 0.4) is 0 Å². The van der Waals surface area contributed by atoms with Gasteiger partial charge in [0.1, 0.15) is 5.69 Å². The van der Waals surface area contributed by atoms with Crippen molar-refractivity contribution in [3.8, 4) is 0 Å². The van der Waals surface area contributed by atoms with Crippen LogP contribution in [0, 0.1) is 6.92 Å². The van der Waals surface area contributed by atoms with E-state index >= 15 is 0 Å². The minimum absolute atomic E-state index is 0.224. The molecule has 0 aliphatic rings. The van der Waals surface area contributed by atoms with E-state index in [0.717, 1.165) is 21.4 Å². The summed E-state index contributed by atoms with van der Waals surface area (Å²) in [5, 5.41) is 6.10. The van der Waals surface area contributed by atoms with Crippen LogP contribution in [-0.2, 0) is 0 Å². The second-order valence-electron chi connectivity index (χ2n) is 5.15. The molecule has 0 radical (unpaired) electrons. The predicted octanol–water partition coefficient (Wildman–Crippen LogP) is 4.23. The number of hydrogen-bond acceptors (Lipinski definition) is 3. The van der Waals surface area contributed by atoms with Crippen molar-refractivity contribution >= 4 is 33.2 Å². The molecule has 1 amide bonds. The molecule has 110 valence electrons. The van der Waals surface area contributed by atoms with Gasteiger partial charge in [0.15, 0.2) is 0 Å². The topological polar surface area (TPSA) is 54.0 Å². The van der Waals surface area contributed by atoms with Gasteiger partial charge in [-0.25, -0.2) is 0 Å². The summed E-state index contributed by atoms with van der Waals surface area (Å²) in [5.41, 5.74) is 3.13. The Balaban J connectivity index is 2.14. The van der Waals surface area contributed by atoms with Crippen LogP contribution >= 0.6 is 15.9 Å². The number of aryl methyl sites for hydroxylation is 1. The molecule has 1 heterocycles. The molecule has 4 nitrogen and oxygen atoms in total. The summed E-state index contributed by atoms with van der Waals surface area (Å²) in [5.74, 6) is -0.224. The summed E-state index contributed by atoms with van der Waals surface area (Å²) in [6.45, 7) is 6.09. The third-order valence-corrected chi connectivity index (χ3v) is 3.73. The van der Waals surface area contributed by atoms with Gasteiger partial charge in [0.2, 0.25) is 0 Å². The van der Waals surface area contributed by atoms with Crippen molar-refractivity contribution < 1.29 is 4.79 Å². The highest BCUT2D eigenvalue weighted by Gasteiger charge is 2.09. The van der Waals surface area contributed by atoms with Crippen molar-refractivity contribution in [2.24, 2.45) is 0 Å². The molecule has 2 aromatic rings. The molecule has 0 spiro atoms. The first kappa shape index (κ1) is 15.5. The Labute approximate surface area is 133 Å². The van der Waals surface area contributed by atoms with E-state index in [4.69, 9.17) is 0 Å². The number of rotatable bonds is 4. The predicted molar refractivity (Wildman–Crippen MR) is 89.8 cm³/mol. The van der Waals surface area contributed by atoms with Crippen LogP contribution in [-0.4, -0.2) is 16.9 Å². The van der Waals surface area contributed by atoms with Crippen LogP contribution in [0.5, 0.6) is 0 Å². The third-order valence-electron chi connectivity index (χ3n) is 2.88. The summed E-state index contributed by atoms with van der Waals surface area (Å²) in [6, 6.07) is 9.59. The van der Waals surface area contributed by atoms with E-state index in [1.807, 2.05) is 45.0 Å². The molecule has 2 N–H and O–H groups in total. The molecule has 0 aliphatic heterocycles. The molecule has 0 saturated heterocycles. The zero-order valence-electron chi connectivity index (χ0n) is 12.3. The summed E-state index contributed by atoms with van der Waals surface area (Å²) >= 11 is 3.45. The Morgan fingerprint density at radius 2 is 1.95 bits per heavy atom. The van der Waals surface area contributed by atoms with E-state index in [1.54, 1.807) is 12.3 Å². The lowest BCUT2D eigenvalue weighted by Gasteiger charge is -2.11. The molecule has 0 unspecified atom stereocenters. The molecule has 0 saturated carbocycles. The SMILES string of the molecule is Cc1ccc(NC(=O)c2cc(NC(C)C)ccn2)cc1Br. The lowest BCUT2D eigenvalue weighted by molar-refractivity contribution is 0.102. The standard InChI is InChI=1S/C16H18BrN3O/c1-10(2)19-13-6-7-18-15(9-13)16(21)20-12-5-4-11(3)14(17)8-12/h4-10H,1-3H3,(H,18,19)(H,20,21). The minimum Gasteiger partial charge on any atom is -0.383 e. The number of anilines is 2. The van der Waals surface area contributed by atoms with Crippen LogP contribution in [0.15, 0.2) is 41.0 Å². The molecule has 0 fully saturated rings. The number of nitrogens with one attached hydrogen (secondary N) is 2. The minimum atomic E-state index is -0.224. The third kappa shape index (κ3) is 4.29. The number of halogens is 1. The molecule has 0 atom stereocenters. The smallest absolute Gasteiger partial charge is 0.274 e. The number of carbonyl (C=O) groups is 1.